The number of hydrogen-bond donors (Lipinski definition) is 2. The second-order valence-corrected chi connectivity index (χ2v) is 6.66. The van der Waals surface area contributed by atoms with Crippen molar-refractivity contribution in [3.8, 4) is 0 Å². The molecule has 1 aliphatic heterocycles. The second-order valence-electron chi connectivity index (χ2n) is 6.66. The maximum Gasteiger partial charge on any atom is 0.488 e. The van der Waals surface area contributed by atoms with E-state index in [1.807, 2.05) is 0 Å². The third-order valence-electron chi connectivity index (χ3n) is 4.09. The van der Waals surface area contributed by atoms with Crippen molar-refractivity contribution < 1.29 is 14.4 Å². The fourth-order valence-corrected chi connectivity index (χ4v) is 2.67. The molecule has 0 amide bonds. The Bertz CT molecular complexity index is 483. The lowest BCUT2D eigenvalue weighted by molar-refractivity contribution is 0.0586. The molecule has 0 unspecified atom stereocenters. The third-order valence-corrected chi connectivity index (χ3v) is 4.09. The molecule has 0 atom stereocenters. The van der Waals surface area contributed by atoms with Crippen LogP contribution in [0.5, 0.6) is 0 Å². The van der Waals surface area contributed by atoms with Gasteiger partial charge in [0.25, 0.3) is 0 Å². The van der Waals surface area contributed by atoms with E-state index in [4.69, 9.17) is 10.0 Å². The fourth-order valence-electron chi connectivity index (χ4n) is 2.67. The Kier molecular flexibility index (Phi) is 5.04. The highest BCUT2D eigenvalue weighted by molar-refractivity contribution is 6.58. The highest BCUT2D eigenvalue weighted by Gasteiger charge is 2.26. The average Bonchev–Trinajstić information content (AvgIpc) is 2.40. The summed E-state index contributed by atoms with van der Waals surface area (Å²) in [6.07, 6.45) is 0. The number of piperazine rings is 1. The van der Waals surface area contributed by atoms with Crippen LogP contribution in [0.15, 0.2) is 18.2 Å². The Morgan fingerprint density at radius 2 is 1.76 bits per heavy atom. The van der Waals surface area contributed by atoms with Crippen LogP contribution in [0.4, 0.5) is 4.39 Å². The van der Waals surface area contributed by atoms with Gasteiger partial charge in [0.05, 0.1) is 0 Å². The molecule has 1 aromatic rings. The Hall–Kier alpha value is -0.945. The molecule has 2 rings (SSSR count). The molecule has 6 heteroatoms. The van der Waals surface area contributed by atoms with Crippen molar-refractivity contribution in [1.29, 1.82) is 0 Å². The molecule has 0 bridgehead atoms. The molecule has 1 saturated heterocycles. The molecule has 4 nitrogen and oxygen atoms in total. The standard InChI is InChI=1S/C15H24BFN2O2/c1-15(2,3)19-8-6-18(7-9-19)11-12-4-5-13(16(20)21)10-14(12)17/h4-5,10,20-21H,6-9,11H2,1-3H3. The first-order valence-electron chi connectivity index (χ1n) is 7.39. The average molecular weight is 294 g/mol. The van der Waals surface area contributed by atoms with Gasteiger partial charge in [-0.25, -0.2) is 4.39 Å². The molecule has 1 heterocycles. The monoisotopic (exact) mass is 294 g/mol. The number of benzene rings is 1. The molecule has 0 radical (unpaired) electrons. The van der Waals surface area contributed by atoms with E-state index < -0.39 is 7.12 Å². The van der Waals surface area contributed by atoms with Crippen molar-refractivity contribution in [3.05, 3.63) is 29.6 Å². The van der Waals surface area contributed by atoms with E-state index in [9.17, 15) is 4.39 Å². The van der Waals surface area contributed by atoms with Gasteiger partial charge in [-0.15, -0.1) is 0 Å². The van der Waals surface area contributed by atoms with Gasteiger partial charge in [-0.1, -0.05) is 12.1 Å². The van der Waals surface area contributed by atoms with Gasteiger partial charge in [0.2, 0.25) is 0 Å². The van der Waals surface area contributed by atoms with Gasteiger partial charge in [0.15, 0.2) is 0 Å². The summed E-state index contributed by atoms with van der Waals surface area (Å²) in [6.45, 7) is 11.0. The molecule has 0 spiro atoms. The summed E-state index contributed by atoms with van der Waals surface area (Å²) in [5.41, 5.74) is 0.966. The zero-order valence-electron chi connectivity index (χ0n) is 13.0. The summed E-state index contributed by atoms with van der Waals surface area (Å²) in [6, 6.07) is 4.40. The van der Waals surface area contributed by atoms with Gasteiger partial charge >= 0.3 is 7.12 Å². The minimum absolute atomic E-state index is 0.177. The second kappa shape index (κ2) is 6.44. The van der Waals surface area contributed by atoms with E-state index in [0.29, 0.717) is 12.1 Å². The van der Waals surface area contributed by atoms with Crippen molar-refractivity contribution in [2.75, 3.05) is 26.2 Å². The number of rotatable bonds is 3. The lowest BCUT2D eigenvalue weighted by Crippen LogP contribution is -2.53. The van der Waals surface area contributed by atoms with Gasteiger partial charge in [-0.05, 0) is 32.3 Å². The van der Waals surface area contributed by atoms with Crippen molar-refractivity contribution >= 4 is 12.6 Å². The van der Waals surface area contributed by atoms with E-state index in [2.05, 4.69) is 30.6 Å². The van der Waals surface area contributed by atoms with Crippen molar-refractivity contribution in [1.82, 2.24) is 9.80 Å². The van der Waals surface area contributed by atoms with Gasteiger partial charge < -0.3 is 10.0 Å². The van der Waals surface area contributed by atoms with Gasteiger partial charge in [0.1, 0.15) is 5.82 Å². The predicted octanol–water partition coefficient (Wildman–Crippen LogP) is 0.422. The van der Waals surface area contributed by atoms with E-state index >= 15 is 0 Å². The largest absolute Gasteiger partial charge is 0.488 e. The lowest BCUT2D eigenvalue weighted by Gasteiger charge is -2.42. The molecular formula is C15H24BFN2O2. The summed E-state index contributed by atoms with van der Waals surface area (Å²) in [7, 11) is -1.62. The minimum Gasteiger partial charge on any atom is -0.423 e. The summed E-state index contributed by atoms with van der Waals surface area (Å²) in [4.78, 5) is 4.67. The van der Waals surface area contributed by atoms with Crippen LogP contribution in [0.3, 0.4) is 0 Å². The maximum atomic E-state index is 14.0. The van der Waals surface area contributed by atoms with Crippen LogP contribution < -0.4 is 5.46 Å². The fraction of sp³-hybridized carbons (Fsp3) is 0.600. The van der Waals surface area contributed by atoms with E-state index in [1.54, 1.807) is 12.1 Å². The lowest BCUT2D eigenvalue weighted by atomic mass is 9.80. The molecule has 116 valence electrons. The highest BCUT2D eigenvalue weighted by atomic mass is 19.1. The zero-order valence-corrected chi connectivity index (χ0v) is 13.0. The maximum absolute atomic E-state index is 14.0. The molecular weight excluding hydrogens is 270 g/mol. The van der Waals surface area contributed by atoms with Crippen LogP contribution in [0.25, 0.3) is 0 Å². The predicted molar refractivity (Wildman–Crippen MR) is 82.8 cm³/mol. The van der Waals surface area contributed by atoms with Crippen LogP contribution in [-0.4, -0.2) is 58.7 Å². The quantitative estimate of drug-likeness (QED) is 0.793. The minimum atomic E-state index is -1.62. The van der Waals surface area contributed by atoms with E-state index in [0.717, 1.165) is 26.2 Å². The Morgan fingerprint density at radius 1 is 1.14 bits per heavy atom. The number of halogens is 1. The molecule has 0 saturated carbocycles. The van der Waals surface area contributed by atoms with Crippen molar-refractivity contribution in [2.24, 2.45) is 0 Å². The topological polar surface area (TPSA) is 46.9 Å². The summed E-state index contributed by atoms with van der Waals surface area (Å²) >= 11 is 0. The van der Waals surface area contributed by atoms with Gasteiger partial charge in [-0.3, -0.25) is 9.80 Å². The highest BCUT2D eigenvalue weighted by Crippen LogP contribution is 2.17. The SMILES string of the molecule is CC(C)(C)N1CCN(Cc2ccc(B(O)O)cc2F)CC1. The molecule has 2 N–H and O–H groups in total. The number of hydrogen-bond acceptors (Lipinski definition) is 4. The van der Waals surface area contributed by atoms with Crippen LogP contribution in [0.1, 0.15) is 26.3 Å². The molecule has 1 aromatic carbocycles. The van der Waals surface area contributed by atoms with E-state index in [1.165, 1.54) is 6.07 Å². The first-order valence-corrected chi connectivity index (χ1v) is 7.39. The van der Waals surface area contributed by atoms with Gasteiger partial charge in [0, 0.05) is 43.8 Å². The molecule has 0 aliphatic carbocycles. The molecule has 21 heavy (non-hydrogen) atoms. The summed E-state index contributed by atoms with van der Waals surface area (Å²) in [5.74, 6) is -0.376. The Morgan fingerprint density at radius 3 is 2.24 bits per heavy atom. The smallest absolute Gasteiger partial charge is 0.423 e. The molecule has 1 fully saturated rings. The summed E-state index contributed by atoms with van der Waals surface area (Å²) in [5, 5.41) is 18.1. The zero-order chi connectivity index (χ0) is 15.6. The Labute approximate surface area is 126 Å². The van der Waals surface area contributed by atoms with Crippen molar-refractivity contribution in [2.45, 2.75) is 32.9 Å². The van der Waals surface area contributed by atoms with Crippen LogP contribution in [-0.2, 0) is 6.54 Å². The summed E-state index contributed by atoms with van der Waals surface area (Å²) < 4.78 is 14.0. The number of nitrogens with zero attached hydrogens (tertiary/aromatic N) is 2. The van der Waals surface area contributed by atoms with Crippen LogP contribution in [0, 0.1) is 5.82 Å². The Balaban J connectivity index is 1.95. The van der Waals surface area contributed by atoms with Crippen molar-refractivity contribution in [3.63, 3.8) is 0 Å². The third kappa shape index (κ3) is 4.26. The van der Waals surface area contributed by atoms with E-state index in [-0.39, 0.29) is 16.8 Å². The molecule has 0 aromatic heterocycles. The normalized spacial score (nSPS) is 18.0. The molecule has 1 aliphatic rings. The van der Waals surface area contributed by atoms with Gasteiger partial charge in [-0.2, -0.15) is 0 Å². The first kappa shape index (κ1) is 16.4. The van der Waals surface area contributed by atoms with Crippen LogP contribution in [0.2, 0.25) is 0 Å². The van der Waals surface area contributed by atoms with Crippen LogP contribution >= 0.6 is 0 Å². The first-order chi connectivity index (χ1) is 9.77.